The third-order valence-electron chi connectivity index (χ3n) is 2.75. The van der Waals surface area contributed by atoms with Crippen LogP contribution in [0.3, 0.4) is 0 Å². The standard InChI is InChI=1S/C13H9N3O2/c17-13(18)11-6-4-8-3-5-10-9(2-1-7-14-10)12(8)16-15-11/h1-7,16H,(H,17,18). The average molecular weight is 239 g/mol. The highest BCUT2D eigenvalue weighted by Gasteiger charge is 2.12. The Labute approximate surface area is 102 Å². The van der Waals surface area contributed by atoms with Crippen molar-refractivity contribution in [2.24, 2.45) is 5.10 Å². The topological polar surface area (TPSA) is 74.6 Å². The highest BCUT2D eigenvalue weighted by Crippen LogP contribution is 2.28. The summed E-state index contributed by atoms with van der Waals surface area (Å²) in [7, 11) is 0. The number of hydrogen-bond acceptors (Lipinski definition) is 4. The maximum Gasteiger partial charge on any atom is 0.356 e. The van der Waals surface area contributed by atoms with Crippen LogP contribution in [0, 0.1) is 0 Å². The molecule has 0 amide bonds. The highest BCUT2D eigenvalue weighted by atomic mass is 16.4. The molecular weight excluding hydrogens is 230 g/mol. The van der Waals surface area contributed by atoms with Crippen molar-refractivity contribution in [3.05, 3.63) is 42.1 Å². The average Bonchev–Trinajstić information content (AvgIpc) is 2.61. The van der Waals surface area contributed by atoms with Crippen molar-refractivity contribution in [1.82, 2.24) is 4.98 Å². The van der Waals surface area contributed by atoms with Crippen LogP contribution in [0.1, 0.15) is 5.56 Å². The van der Waals surface area contributed by atoms with Gasteiger partial charge in [-0.15, -0.1) is 0 Å². The van der Waals surface area contributed by atoms with Gasteiger partial charge in [0, 0.05) is 17.1 Å². The highest BCUT2D eigenvalue weighted by molar-refractivity contribution is 6.41. The molecule has 1 aliphatic heterocycles. The van der Waals surface area contributed by atoms with E-state index in [1.807, 2.05) is 24.3 Å². The molecule has 1 aliphatic rings. The summed E-state index contributed by atoms with van der Waals surface area (Å²) in [6.07, 6.45) is 4.92. The van der Waals surface area contributed by atoms with Gasteiger partial charge in [-0.25, -0.2) is 4.79 Å². The molecule has 5 nitrogen and oxygen atoms in total. The summed E-state index contributed by atoms with van der Waals surface area (Å²) < 4.78 is 0. The number of hydrogen-bond donors (Lipinski definition) is 2. The minimum Gasteiger partial charge on any atom is -0.476 e. The van der Waals surface area contributed by atoms with E-state index < -0.39 is 5.97 Å². The Morgan fingerprint density at radius 3 is 2.94 bits per heavy atom. The van der Waals surface area contributed by atoms with E-state index in [1.165, 1.54) is 6.08 Å². The molecule has 0 unspecified atom stereocenters. The quantitative estimate of drug-likeness (QED) is 0.799. The van der Waals surface area contributed by atoms with Crippen molar-refractivity contribution in [1.29, 1.82) is 0 Å². The molecule has 5 heteroatoms. The molecule has 0 saturated carbocycles. The molecule has 0 atom stereocenters. The van der Waals surface area contributed by atoms with Gasteiger partial charge < -0.3 is 5.11 Å². The Kier molecular flexibility index (Phi) is 2.30. The maximum atomic E-state index is 10.9. The van der Waals surface area contributed by atoms with Crippen LogP contribution >= 0.6 is 0 Å². The van der Waals surface area contributed by atoms with Gasteiger partial charge in [0.25, 0.3) is 0 Å². The predicted octanol–water partition coefficient (Wildman–Crippen LogP) is 2.11. The molecule has 88 valence electrons. The Bertz CT molecular complexity index is 704. The molecule has 0 fully saturated rings. The van der Waals surface area contributed by atoms with Crippen LogP contribution in [0.15, 0.2) is 41.6 Å². The van der Waals surface area contributed by atoms with Gasteiger partial charge in [-0.1, -0.05) is 12.1 Å². The number of nitrogens with zero attached hydrogens (tertiary/aromatic N) is 2. The Morgan fingerprint density at radius 1 is 1.22 bits per heavy atom. The van der Waals surface area contributed by atoms with Crippen LogP contribution in [0.5, 0.6) is 0 Å². The van der Waals surface area contributed by atoms with E-state index in [2.05, 4.69) is 15.5 Å². The zero-order valence-corrected chi connectivity index (χ0v) is 9.29. The molecule has 0 aliphatic carbocycles. The van der Waals surface area contributed by atoms with E-state index in [0.717, 1.165) is 22.2 Å². The second-order valence-corrected chi connectivity index (χ2v) is 3.85. The van der Waals surface area contributed by atoms with Gasteiger partial charge in [-0.05, 0) is 24.3 Å². The van der Waals surface area contributed by atoms with Crippen molar-refractivity contribution < 1.29 is 9.90 Å². The number of aliphatic carboxylic acids is 1. The molecular formula is C13H9N3O2. The first-order valence-electron chi connectivity index (χ1n) is 5.38. The van der Waals surface area contributed by atoms with Crippen LogP contribution in [0.2, 0.25) is 0 Å². The molecule has 2 N–H and O–H groups in total. The lowest BCUT2D eigenvalue weighted by atomic mass is 10.1. The Hall–Kier alpha value is -2.69. The summed E-state index contributed by atoms with van der Waals surface area (Å²) in [5.41, 5.74) is 5.27. The Balaban J connectivity index is 2.21. The zero-order chi connectivity index (χ0) is 12.5. The molecule has 2 aromatic rings. The van der Waals surface area contributed by atoms with Crippen LogP contribution in [0.4, 0.5) is 5.69 Å². The molecule has 1 aromatic carbocycles. The molecule has 0 radical (unpaired) electrons. The third-order valence-corrected chi connectivity index (χ3v) is 2.75. The van der Waals surface area contributed by atoms with Crippen LogP contribution in [-0.4, -0.2) is 21.8 Å². The fourth-order valence-corrected chi connectivity index (χ4v) is 1.87. The first kappa shape index (κ1) is 10.5. The number of aromatic nitrogens is 1. The van der Waals surface area contributed by atoms with Gasteiger partial charge in [-0.2, -0.15) is 5.10 Å². The van der Waals surface area contributed by atoms with Crippen molar-refractivity contribution >= 4 is 34.3 Å². The van der Waals surface area contributed by atoms with Crippen molar-refractivity contribution in [3.8, 4) is 0 Å². The van der Waals surface area contributed by atoms with Crippen LogP contribution in [0.25, 0.3) is 17.0 Å². The summed E-state index contributed by atoms with van der Waals surface area (Å²) >= 11 is 0. The number of nitrogens with one attached hydrogen (secondary N) is 1. The molecule has 18 heavy (non-hydrogen) atoms. The maximum absolute atomic E-state index is 10.9. The Morgan fingerprint density at radius 2 is 2.11 bits per heavy atom. The van der Waals surface area contributed by atoms with E-state index in [9.17, 15) is 4.79 Å². The second-order valence-electron chi connectivity index (χ2n) is 3.85. The normalized spacial score (nSPS) is 13.4. The van der Waals surface area contributed by atoms with E-state index in [4.69, 9.17) is 5.11 Å². The lowest BCUT2D eigenvalue weighted by molar-refractivity contribution is -0.129. The molecule has 0 bridgehead atoms. The third kappa shape index (κ3) is 1.62. The minimum atomic E-state index is -1.06. The number of carbonyl (C=O) groups is 1. The van der Waals surface area contributed by atoms with E-state index in [1.54, 1.807) is 12.3 Å². The number of carboxylic acids is 1. The summed E-state index contributed by atoms with van der Waals surface area (Å²) in [4.78, 5) is 15.1. The number of rotatable bonds is 1. The van der Waals surface area contributed by atoms with Crippen molar-refractivity contribution in [2.75, 3.05) is 5.43 Å². The number of hydrazone groups is 1. The van der Waals surface area contributed by atoms with E-state index in [0.29, 0.717) is 0 Å². The van der Waals surface area contributed by atoms with Crippen molar-refractivity contribution in [3.63, 3.8) is 0 Å². The van der Waals surface area contributed by atoms with Crippen LogP contribution in [-0.2, 0) is 4.79 Å². The van der Waals surface area contributed by atoms with Gasteiger partial charge in [0.05, 0.1) is 11.2 Å². The van der Waals surface area contributed by atoms with Gasteiger partial charge in [0.15, 0.2) is 5.71 Å². The number of fused-ring (bicyclic) bond motifs is 3. The molecule has 0 saturated heterocycles. The first-order valence-corrected chi connectivity index (χ1v) is 5.38. The number of pyridine rings is 1. The van der Waals surface area contributed by atoms with Gasteiger partial charge in [0.1, 0.15) is 0 Å². The van der Waals surface area contributed by atoms with E-state index >= 15 is 0 Å². The van der Waals surface area contributed by atoms with Crippen molar-refractivity contribution in [2.45, 2.75) is 0 Å². The SMILES string of the molecule is O=C(O)C1=NNc2c(ccc3ncccc23)C=C1. The molecule has 2 heterocycles. The van der Waals surface area contributed by atoms with Gasteiger partial charge in [-0.3, -0.25) is 10.4 Å². The smallest absolute Gasteiger partial charge is 0.356 e. The monoisotopic (exact) mass is 239 g/mol. The summed E-state index contributed by atoms with van der Waals surface area (Å²) in [6.45, 7) is 0. The van der Waals surface area contributed by atoms with Gasteiger partial charge in [0.2, 0.25) is 0 Å². The molecule has 1 aromatic heterocycles. The van der Waals surface area contributed by atoms with E-state index in [-0.39, 0.29) is 5.71 Å². The first-order chi connectivity index (χ1) is 8.75. The molecule has 3 rings (SSSR count). The summed E-state index contributed by atoms with van der Waals surface area (Å²) in [5, 5.41) is 13.7. The minimum absolute atomic E-state index is 0.0248. The lowest BCUT2D eigenvalue weighted by Gasteiger charge is -2.07. The lowest BCUT2D eigenvalue weighted by Crippen LogP contribution is -2.10. The second kappa shape index (κ2) is 3.96. The summed E-state index contributed by atoms with van der Waals surface area (Å²) in [5.74, 6) is -1.06. The summed E-state index contributed by atoms with van der Waals surface area (Å²) in [6, 6.07) is 7.53. The number of anilines is 1. The number of carboxylic acid groups (broad SMARTS) is 1. The zero-order valence-electron chi connectivity index (χ0n) is 9.29. The largest absolute Gasteiger partial charge is 0.476 e. The number of benzene rings is 1. The van der Waals surface area contributed by atoms with Gasteiger partial charge >= 0.3 is 5.97 Å². The fourth-order valence-electron chi connectivity index (χ4n) is 1.87. The fraction of sp³-hybridized carbons (Fsp3) is 0. The van der Waals surface area contributed by atoms with Crippen LogP contribution < -0.4 is 5.43 Å². The molecule has 0 spiro atoms. The predicted molar refractivity (Wildman–Crippen MR) is 69.5 cm³/mol.